The number of carboxylic acids is 1. The Balaban J connectivity index is 1.84. The van der Waals surface area contributed by atoms with Gasteiger partial charge in [0.2, 0.25) is 5.91 Å². The Morgan fingerprint density at radius 1 is 1.27 bits per heavy atom. The minimum atomic E-state index is -0.940. The highest BCUT2D eigenvalue weighted by Crippen LogP contribution is 2.39. The van der Waals surface area contributed by atoms with Crippen LogP contribution in [0.2, 0.25) is 0 Å². The zero-order chi connectivity index (χ0) is 23.8. The van der Waals surface area contributed by atoms with Crippen molar-refractivity contribution in [3.8, 4) is 0 Å². The fraction of sp³-hybridized carbons (Fsp3) is 0.692. The van der Waals surface area contributed by atoms with Gasteiger partial charge in [-0.3, -0.25) is 4.79 Å². The molecule has 33 heavy (non-hydrogen) atoms. The molecule has 1 fully saturated rings. The number of allylic oxidation sites excluding steroid dienone is 2. The summed E-state index contributed by atoms with van der Waals surface area (Å²) in [6, 6.07) is 1.97. The van der Waals surface area contributed by atoms with Crippen molar-refractivity contribution < 1.29 is 19.4 Å². The van der Waals surface area contributed by atoms with E-state index in [1.165, 1.54) is 23.3 Å². The normalized spacial score (nSPS) is 22.0. The lowest BCUT2D eigenvalue weighted by Gasteiger charge is -2.31. The van der Waals surface area contributed by atoms with Gasteiger partial charge >= 0.3 is 5.97 Å². The van der Waals surface area contributed by atoms with Gasteiger partial charge in [-0.15, -0.1) is 23.1 Å². The number of thioether (sulfide) groups is 1. The van der Waals surface area contributed by atoms with Crippen LogP contribution in [0.1, 0.15) is 92.6 Å². The number of hydrogen-bond donors (Lipinski definition) is 1. The largest absolute Gasteiger partial charge is 0.477 e. The molecule has 1 heterocycles. The van der Waals surface area contributed by atoms with Crippen LogP contribution in [0.3, 0.4) is 0 Å². The predicted octanol–water partition coefficient (Wildman–Crippen LogP) is 7.07. The summed E-state index contributed by atoms with van der Waals surface area (Å²) in [5, 5.41) is 9.99. The molecule has 3 rings (SSSR count). The van der Waals surface area contributed by atoms with Crippen molar-refractivity contribution >= 4 is 46.2 Å². The van der Waals surface area contributed by atoms with Gasteiger partial charge in [-0.1, -0.05) is 13.0 Å². The lowest BCUT2D eigenvalue weighted by molar-refractivity contribution is -0.123. The molecular formula is C26H39NO4S2. The molecule has 1 atom stereocenters. The molecule has 0 aromatic carbocycles. The molecule has 5 nitrogen and oxygen atoms in total. The highest BCUT2D eigenvalue weighted by atomic mass is 32.2. The zero-order valence-corrected chi connectivity index (χ0v) is 21.9. The molecule has 2 aliphatic carbocycles. The van der Waals surface area contributed by atoms with Gasteiger partial charge in [-0.05, 0) is 94.9 Å². The van der Waals surface area contributed by atoms with Gasteiger partial charge < -0.3 is 14.7 Å². The number of rotatable bonds is 11. The molecule has 1 saturated carbocycles. The van der Waals surface area contributed by atoms with E-state index in [0.717, 1.165) is 62.7 Å². The molecule has 1 unspecified atom stereocenters. The Morgan fingerprint density at radius 3 is 2.67 bits per heavy atom. The van der Waals surface area contributed by atoms with Crippen LogP contribution < -0.4 is 4.90 Å². The van der Waals surface area contributed by atoms with E-state index < -0.39 is 5.97 Å². The van der Waals surface area contributed by atoms with Crippen molar-refractivity contribution in [1.82, 2.24) is 0 Å². The Hall–Kier alpha value is -1.31. The summed E-state index contributed by atoms with van der Waals surface area (Å²) in [6.07, 6.45) is 14.3. The van der Waals surface area contributed by atoms with Crippen molar-refractivity contribution in [2.24, 2.45) is 11.8 Å². The van der Waals surface area contributed by atoms with Crippen LogP contribution >= 0.6 is 23.1 Å². The number of carboxylic acid groups (broad SMARTS) is 1. The van der Waals surface area contributed by atoms with Crippen LogP contribution in [0.4, 0.5) is 5.69 Å². The van der Waals surface area contributed by atoms with E-state index >= 15 is 0 Å². The number of aromatic carboxylic acids is 1. The molecule has 0 spiro atoms. The highest BCUT2D eigenvalue weighted by Gasteiger charge is 2.32. The van der Waals surface area contributed by atoms with Crippen molar-refractivity contribution in [2.45, 2.75) is 84.2 Å². The first-order valence-corrected chi connectivity index (χ1v) is 14.6. The maximum absolute atomic E-state index is 13.7. The van der Waals surface area contributed by atoms with Crippen molar-refractivity contribution in [3.05, 3.63) is 21.9 Å². The molecule has 1 aromatic heterocycles. The Bertz CT molecular complexity index is 826. The minimum Gasteiger partial charge on any atom is -0.477 e. The van der Waals surface area contributed by atoms with E-state index in [4.69, 9.17) is 4.74 Å². The van der Waals surface area contributed by atoms with Crippen LogP contribution in [0.25, 0.3) is 5.57 Å². The van der Waals surface area contributed by atoms with Gasteiger partial charge in [0, 0.05) is 17.3 Å². The van der Waals surface area contributed by atoms with Gasteiger partial charge in [0.15, 0.2) is 0 Å². The van der Waals surface area contributed by atoms with Crippen LogP contribution in [-0.4, -0.2) is 41.8 Å². The minimum absolute atomic E-state index is 0.00902. The monoisotopic (exact) mass is 493 g/mol. The lowest BCUT2D eigenvalue weighted by Crippen LogP contribution is -2.39. The lowest BCUT2D eigenvalue weighted by atomic mass is 9.82. The second-order valence-electron chi connectivity index (χ2n) is 9.58. The number of anilines is 1. The number of carbonyl (C=O) groups is 2. The maximum Gasteiger partial charge on any atom is 0.348 e. The smallest absolute Gasteiger partial charge is 0.348 e. The molecule has 0 radical (unpaired) electrons. The molecule has 0 saturated heterocycles. The summed E-state index contributed by atoms with van der Waals surface area (Å²) in [5.74, 6) is 0.479. The third kappa shape index (κ3) is 7.33. The molecule has 7 heteroatoms. The first-order valence-electron chi connectivity index (χ1n) is 12.4. The number of carbonyl (C=O) groups excluding carboxylic acids is 1. The first kappa shape index (κ1) is 26.3. The number of amides is 1. The summed E-state index contributed by atoms with van der Waals surface area (Å²) in [5.41, 5.74) is 1.83. The SMILES string of the molecule is CSCOC(C)CCCN(C(=O)C1CCC(C)CC1)c1cc(C2=CCCCC2)sc1C(=O)O. The van der Waals surface area contributed by atoms with E-state index in [1.807, 2.05) is 12.3 Å². The standard InChI is InChI=1S/C26H39NO4S2/c1-18-11-13-21(14-12-18)25(28)27(15-7-8-19(2)31-17-32-3)22-16-23(33-24(22)26(29)30)20-9-5-4-6-10-20/h9,16,18-19,21H,4-8,10-15,17H2,1-3H3,(H,29,30). The fourth-order valence-corrected chi connectivity index (χ4v) is 6.27. The second-order valence-corrected chi connectivity index (χ2v) is 11.4. The average molecular weight is 494 g/mol. The molecule has 184 valence electrons. The molecule has 2 aliphatic rings. The van der Waals surface area contributed by atoms with E-state index in [2.05, 4.69) is 19.9 Å². The molecule has 0 aliphatic heterocycles. The summed E-state index contributed by atoms with van der Waals surface area (Å²) in [7, 11) is 0. The van der Waals surface area contributed by atoms with E-state index in [1.54, 1.807) is 16.7 Å². The third-order valence-corrected chi connectivity index (χ3v) is 8.46. The van der Waals surface area contributed by atoms with Crippen LogP contribution in [0.5, 0.6) is 0 Å². The number of thiophene rings is 1. The molecular weight excluding hydrogens is 454 g/mol. The Morgan fingerprint density at radius 2 is 2.03 bits per heavy atom. The van der Waals surface area contributed by atoms with Crippen LogP contribution in [-0.2, 0) is 9.53 Å². The van der Waals surface area contributed by atoms with E-state index in [0.29, 0.717) is 29.0 Å². The fourth-order valence-electron chi connectivity index (χ4n) is 4.84. The van der Waals surface area contributed by atoms with Crippen molar-refractivity contribution in [2.75, 3.05) is 23.6 Å². The molecule has 1 amide bonds. The van der Waals surface area contributed by atoms with E-state index in [9.17, 15) is 14.7 Å². The quantitative estimate of drug-likeness (QED) is 0.334. The van der Waals surface area contributed by atoms with Gasteiger partial charge in [-0.25, -0.2) is 4.79 Å². The Kier molecular flexibility index (Phi) is 10.3. The van der Waals surface area contributed by atoms with Crippen molar-refractivity contribution in [1.29, 1.82) is 0 Å². The summed E-state index contributed by atoms with van der Waals surface area (Å²) >= 11 is 2.98. The number of nitrogens with zero attached hydrogens (tertiary/aromatic N) is 1. The third-order valence-electron chi connectivity index (χ3n) is 6.90. The van der Waals surface area contributed by atoms with Gasteiger partial charge in [0.1, 0.15) is 4.88 Å². The number of hydrogen-bond acceptors (Lipinski definition) is 5. The molecule has 1 N–H and O–H groups in total. The summed E-state index contributed by atoms with van der Waals surface area (Å²) in [4.78, 5) is 29.0. The number of ether oxygens (including phenoxy) is 1. The maximum atomic E-state index is 13.7. The molecule has 1 aromatic rings. The summed E-state index contributed by atoms with van der Waals surface area (Å²) in [6.45, 7) is 4.85. The zero-order valence-electron chi connectivity index (χ0n) is 20.3. The molecule has 0 bridgehead atoms. The first-order chi connectivity index (χ1) is 15.9. The van der Waals surface area contributed by atoms with Crippen LogP contribution in [0, 0.1) is 11.8 Å². The predicted molar refractivity (Wildman–Crippen MR) is 139 cm³/mol. The van der Waals surface area contributed by atoms with Crippen LogP contribution in [0.15, 0.2) is 12.1 Å². The van der Waals surface area contributed by atoms with Gasteiger partial charge in [0.05, 0.1) is 17.7 Å². The summed E-state index contributed by atoms with van der Waals surface area (Å²) < 4.78 is 5.77. The van der Waals surface area contributed by atoms with Gasteiger partial charge in [0.25, 0.3) is 0 Å². The van der Waals surface area contributed by atoms with Gasteiger partial charge in [-0.2, -0.15) is 0 Å². The van der Waals surface area contributed by atoms with E-state index in [-0.39, 0.29) is 17.9 Å². The second kappa shape index (κ2) is 13.0. The topological polar surface area (TPSA) is 66.8 Å². The average Bonchev–Trinajstić information content (AvgIpc) is 3.27. The highest BCUT2D eigenvalue weighted by molar-refractivity contribution is 7.98. The Labute approximate surface area is 207 Å². The van der Waals surface area contributed by atoms with Crippen molar-refractivity contribution in [3.63, 3.8) is 0 Å².